The van der Waals surface area contributed by atoms with Crippen molar-refractivity contribution in [3.8, 4) is 5.75 Å². The molecule has 2 aromatic carbocycles. The zero-order chi connectivity index (χ0) is 24.3. The molecule has 0 aliphatic carbocycles. The van der Waals surface area contributed by atoms with Gasteiger partial charge >= 0.3 is 6.09 Å². The maximum absolute atomic E-state index is 13.5. The Bertz CT molecular complexity index is 951. The van der Waals surface area contributed by atoms with Crippen molar-refractivity contribution >= 4 is 6.09 Å². The Morgan fingerprint density at radius 3 is 2.21 bits per heavy atom. The summed E-state index contributed by atoms with van der Waals surface area (Å²) in [7, 11) is 0. The summed E-state index contributed by atoms with van der Waals surface area (Å²) in [5.41, 5.74) is 1.53. The first-order valence-electron chi connectivity index (χ1n) is 12.5. The van der Waals surface area contributed by atoms with E-state index in [1.165, 1.54) is 12.1 Å². The number of hydrogen-bond acceptors (Lipinski definition) is 4. The van der Waals surface area contributed by atoms with Crippen LogP contribution in [0.1, 0.15) is 51.7 Å². The Hall–Kier alpha value is -2.60. The summed E-state index contributed by atoms with van der Waals surface area (Å²) in [5.74, 6) is 1.05. The second kappa shape index (κ2) is 10.3. The van der Waals surface area contributed by atoms with Crippen LogP contribution < -0.4 is 4.74 Å². The molecule has 2 aliphatic rings. The number of ether oxygens (including phenoxy) is 2. The summed E-state index contributed by atoms with van der Waals surface area (Å²) in [6.07, 6.45) is 2.00. The lowest BCUT2D eigenvalue weighted by atomic mass is 9.80. The molecule has 0 bridgehead atoms. The monoisotopic (exact) mass is 468 g/mol. The number of hydrogen-bond donors (Lipinski definition) is 0. The first-order chi connectivity index (χ1) is 16.3. The largest absolute Gasteiger partial charge is 0.493 e. The molecule has 1 spiro atoms. The van der Waals surface area contributed by atoms with Crippen LogP contribution in [0, 0.1) is 11.7 Å². The van der Waals surface area contributed by atoms with Crippen LogP contribution in [0.4, 0.5) is 9.18 Å². The lowest BCUT2D eigenvalue weighted by Gasteiger charge is -2.43. The van der Waals surface area contributed by atoms with E-state index in [0.29, 0.717) is 31.5 Å². The Kier molecular flexibility index (Phi) is 7.46. The predicted octanol–water partition coefficient (Wildman–Crippen LogP) is 5.67. The fraction of sp³-hybridized carbons (Fsp3) is 0.536. The molecule has 6 heteroatoms. The molecule has 34 heavy (non-hydrogen) atoms. The molecule has 2 aliphatic heterocycles. The molecular weight excluding hydrogens is 431 g/mol. The predicted molar refractivity (Wildman–Crippen MR) is 131 cm³/mol. The van der Waals surface area contributed by atoms with Gasteiger partial charge in [0.05, 0.1) is 12.6 Å². The molecule has 2 saturated heterocycles. The van der Waals surface area contributed by atoms with Crippen molar-refractivity contribution in [1.82, 2.24) is 9.80 Å². The van der Waals surface area contributed by atoms with Gasteiger partial charge in [0.1, 0.15) is 17.2 Å². The van der Waals surface area contributed by atoms with Crippen LogP contribution in [0.3, 0.4) is 0 Å². The van der Waals surface area contributed by atoms with E-state index in [4.69, 9.17) is 9.47 Å². The standard InChI is InChI=1S/C28H37FN2O3/c1-20(2)19-33-25-11-7-23(8-12-25)18-31-26(17-22-5-9-24(29)10-6-22)28(34-27(31)32)13-15-30(16-14-28)21(3)4/h5-12,20-21,26H,13-19H2,1-4H3. The number of carbonyl (C=O) groups excluding carboxylic acids is 1. The number of nitrogens with zero attached hydrogens (tertiary/aromatic N) is 2. The van der Waals surface area contributed by atoms with E-state index in [1.54, 1.807) is 0 Å². The van der Waals surface area contributed by atoms with Gasteiger partial charge in [-0.3, -0.25) is 4.90 Å². The maximum Gasteiger partial charge on any atom is 0.411 e. The average molecular weight is 469 g/mol. The summed E-state index contributed by atoms with van der Waals surface area (Å²) in [5, 5.41) is 0. The van der Waals surface area contributed by atoms with E-state index in [1.807, 2.05) is 41.3 Å². The highest BCUT2D eigenvalue weighted by molar-refractivity contribution is 5.72. The molecule has 0 saturated carbocycles. The highest BCUT2D eigenvalue weighted by Crippen LogP contribution is 2.41. The zero-order valence-electron chi connectivity index (χ0n) is 20.8. The van der Waals surface area contributed by atoms with Crippen LogP contribution in [0.2, 0.25) is 0 Å². The van der Waals surface area contributed by atoms with E-state index in [9.17, 15) is 9.18 Å². The van der Waals surface area contributed by atoms with Crippen LogP contribution in [0.25, 0.3) is 0 Å². The minimum absolute atomic E-state index is 0.100. The number of benzene rings is 2. The van der Waals surface area contributed by atoms with Gasteiger partial charge in [-0.25, -0.2) is 9.18 Å². The van der Waals surface area contributed by atoms with Crippen molar-refractivity contribution in [2.75, 3.05) is 19.7 Å². The summed E-state index contributed by atoms with van der Waals surface area (Å²) in [6.45, 7) is 11.6. The van der Waals surface area contributed by atoms with Crippen molar-refractivity contribution in [1.29, 1.82) is 0 Å². The molecule has 0 N–H and O–H groups in total. The number of halogens is 1. The van der Waals surface area contributed by atoms with E-state index in [0.717, 1.165) is 42.8 Å². The van der Waals surface area contributed by atoms with Gasteiger partial charge < -0.3 is 14.4 Å². The molecule has 0 radical (unpaired) electrons. The zero-order valence-corrected chi connectivity index (χ0v) is 20.8. The lowest BCUT2D eigenvalue weighted by molar-refractivity contribution is -0.0278. The topological polar surface area (TPSA) is 42.0 Å². The van der Waals surface area contributed by atoms with E-state index in [2.05, 4.69) is 32.6 Å². The van der Waals surface area contributed by atoms with Gasteiger partial charge in [-0.2, -0.15) is 0 Å². The van der Waals surface area contributed by atoms with E-state index < -0.39 is 5.60 Å². The van der Waals surface area contributed by atoms with E-state index >= 15 is 0 Å². The van der Waals surface area contributed by atoms with Crippen molar-refractivity contribution in [2.24, 2.45) is 5.92 Å². The number of piperidine rings is 1. The van der Waals surface area contributed by atoms with Gasteiger partial charge in [0.15, 0.2) is 0 Å². The third kappa shape index (κ3) is 5.54. The van der Waals surface area contributed by atoms with Crippen molar-refractivity contribution in [2.45, 2.75) is 71.2 Å². The van der Waals surface area contributed by atoms with Crippen LogP contribution in [0.5, 0.6) is 5.75 Å². The van der Waals surface area contributed by atoms with Gasteiger partial charge in [-0.1, -0.05) is 38.1 Å². The molecule has 0 aromatic heterocycles. The quantitative estimate of drug-likeness (QED) is 0.501. The smallest absolute Gasteiger partial charge is 0.411 e. The molecular formula is C28H37FN2O3. The van der Waals surface area contributed by atoms with Gasteiger partial charge in [-0.15, -0.1) is 0 Å². The SMILES string of the molecule is CC(C)COc1ccc(CN2C(=O)OC3(CCN(C(C)C)CC3)C2Cc2ccc(F)cc2)cc1. The summed E-state index contributed by atoms with van der Waals surface area (Å²) in [4.78, 5) is 17.5. The first kappa shape index (κ1) is 24.5. The Morgan fingerprint density at radius 1 is 1.00 bits per heavy atom. The number of amides is 1. The summed E-state index contributed by atoms with van der Waals surface area (Å²) >= 11 is 0. The fourth-order valence-electron chi connectivity index (χ4n) is 5.03. The van der Waals surface area contributed by atoms with E-state index in [-0.39, 0.29) is 18.0 Å². The molecule has 2 heterocycles. The highest BCUT2D eigenvalue weighted by Gasteiger charge is 2.54. The molecule has 184 valence electrons. The Morgan fingerprint density at radius 2 is 1.62 bits per heavy atom. The summed E-state index contributed by atoms with van der Waals surface area (Å²) in [6, 6.07) is 14.9. The second-order valence-corrected chi connectivity index (χ2v) is 10.4. The Labute approximate surface area is 202 Å². The van der Waals surface area contributed by atoms with Gasteiger partial charge in [0.2, 0.25) is 0 Å². The molecule has 2 aromatic rings. The van der Waals surface area contributed by atoms with Crippen LogP contribution in [0.15, 0.2) is 48.5 Å². The van der Waals surface area contributed by atoms with Gasteiger partial charge in [0, 0.05) is 38.5 Å². The van der Waals surface area contributed by atoms with Gasteiger partial charge in [-0.05, 0) is 61.6 Å². The van der Waals surface area contributed by atoms with Crippen molar-refractivity contribution in [3.05, 3.63) is 65.5 Å². The number of rotatable bonds is 8. The third-order valence-corrected chi connectivity index (χ3v) is 7.09. The maximum atomic E-state index is 13.5. The molecule has 2 fully saturated rings. The second-order valence-electron chi connectivity index (χ2n) is 10.4. The Balaban J connectivity index is 1.54. The average Bonchev–Trinajstić information content (AvgIpc) is 3.05. The van der Waals surface area contributed by atoms with Crippen LogP contribution in [-0.4, -0.2) is 53.3 Å². The summed E-state index contributed by atoms with van der Waals surface area (Å²) < 4.78 is 25.5. The van der Waals surface area contributed by atoms with Crippen LogP contribution >= 0.6 is 0 Å². The van der Waals surface area contributed by atoms with Gasteiger partial charge in [0.25, 0.3) is 0 Å². The first-order valence-corrected chi connectivity index (χ1v) is 12.5. The van der Waals surface area contributed by atoms with Crippen LogP contribution in [-0.2, 0) is 17.7 Å². The molecule has 1 unspecified atom stereocenters. The molecule has 1 amide bonds. The third-order valence-electron chi connectivity index (χ3n) is 7.09. The van der Waals surface area contributed by atoms with Crippen molar-refractivity contribution in [3.63, 3.8) is 0 Å². The molecule has 1 atom stereocenters. The fourth-order valence-corrected chi connectivity index (χ4v) is 5.03. The minimum atomic E-state index is -0.517. The molecule has 5 nitrogen and oxygen atoms in total. The lowest BCUT2D eigenvalue weighted by Crippen LogP contribution is -2.54. The molecule has 4 rings (SSSR count). The van der Waals surface area contributed by atoms with Crippen molar-refractivity contribution < 1.29 is 18.7 Å². The number of carbonyl (C=O) groups is 1. The number of likely N-dealkylation sites (tertiary alicyclic amines) is 1. The highest BCUT2D eigenvalue weighted by atomic mass is 19.1. The minimum Gasteiger partial charge on any atom is -0.493 e. The normalized spacial score (nSPS) is 20.4.